The normalized spacial score (nSPS) is 10.9. The van der Waals surface area contributed by atoms with Crippen LogP contribution < -0.4 is 5.32 Å². The summed E-state index contributed by atoms with van der Waals surface area (Å²) >= 11 is 6.19. The Hall–Kier alpha value is -2.55. The van der Waals surface area contributed by atoms with Crippen molar-refractivity contribution in [2.75, 3.05) is 5.75 Å². The Balaban J connectivity index is 1.53. The molecule has 5 nitrogen and oxygen atoms in total. The Morgan fingerprint density at radius 3 is 2.53 bits per heavy atom. The van der Waals surface area contributed by atoms with Crippen LogP contribution in [0.25, 0.3) is 21.3 Å². The molecule has 4 rings (SSSR count). The topological polar surface area (TPSA) is 72.0 Å². The summed E-state index contributed by atoms with van der Waals surface area (Å²) in [5.41, 5.74) is 2.55. The summed E-state index contributed by atoms with van der Waals surface area (Å²) in [6.45, 7) is 1.84. The summed E-state index contributed by atoms with van der Waals surface area (Å²) in [4.78, 5) is 34.6. The second kappa shape index (κ2) is 9.07. The third-order valence-corrected chi connectivity index (χ3v) is 6.67. The predicted octanol–water partition coefficient (Wildman–Crippen LogP) is 5.48. The highest BCUT2D eigenvalue weighted by Crippen LogP contribution is 2.38. The van der Waals surface area contributed by atoms with E-state index in [0.717, 1.165) is 30.8 Å². The summed E-state index contributed by atoms with van der Waals surface area (Å²) in [6, 6.07) is 16.9. The number of rotatable bonds is 5. The Labute approximate surface area is 190 Å². The van der Waals surface area contributed by atoms with Gasteiger partial charge in [-0.3, -0.25) is 14.9 Å². The molecule has 0 fully saturated rings. The van der Waals surface area contributed by atoms with E-state index in [0.29, 0.717) is 11.4 Å². The molecule has 0 unspecified atom stereocenters. The minimum Gasteiger partial charge on any atom is -0.292 e. The minimum absolute atomic E-state index is 0.0812. The number of nitrogens with one attached hydrogen (secondary N) is 1. The standard InChI is InChI=1S/C22H16BrN3O2S2/c1-13-24-21-19(17(11-29-21)14-5-3-2-4-6-14)22(25-13)30-12-18(27)26-20(28)15-7-9-16(23)10-8-15/h2-11H,12H2,1H3,(H,26,27,28). The maximum Gasteiger partial charge on any atom is 0.257 e. The summed E-state index contributed by atoms with van der Waals surface area (Å²) in [7, 11) is 0. The molecule has 2 aromatic heterocycles. The second-order valence-corrected chi connectivity index (χ2v) is 9.18. The Bertz CT molecular complexity index is 1220. The summed E-state index contributed by atoms with van der Waals surface area (Å²) in [5, 5.41) is 6.18. The molecule has 2 heterocycles. The molecule has 30 heavy (non-hydrogen) atoms. The van der Waals surface area contributed by atoms with E-state index in [1.807, 2.05) is 37.3 Å². The van der Waals surface area contributed by atoms with Crippen LogP contribution in [0.5, 0.6) is 0 Å². The van der Waals surface area contributed by atoms with E-state index in [9.17, 15) is 9.59 Å². The van der Waals surface area contributed by atoms with Gasteiger partial charge in [0.25, 0.3) is 5.91 Å². The smallest absolute Gasteiger partial charge is 0.257 e. The number of nitrogens with zero attached hydrogens (tertiary/aromatic N) is 2. The van der Waals surface area contributed by atoms with Crippen molar-refractivity contribution in [1.29, 1.82) is 0 Å². The van der Waals surface area contributed by atoms with E-state index in [4.69, 9.17) is 0 Å². The molecule has 0 saturated carbocycles. The molecule has 2 aromatic carbocycles. The van der Waals surface area contributed by atoms with Crippen LogP contribution in [0.2, 0.25) is 0 Å². The molecule has 0 aliphatic rings. The zero-order valence-electron chi connectivity index (χ0n) is 15.9. The van der Waals surface area contributed by atoms with Crippen LogP contribution in [0.15, 0.2) is 69.5 Å². The fourth-order valence-corrected chi connectivity index (χ4v) is 5.13. The molecular formula is C22H16BrN3O2S2. The molecular weight excluding hydrogens is 482 g/mol. The van der Waals surface area contributed by atoms with Crippen molar-refractivity contribution in [2.45, 2.75) is 11.9 Å². The van der Waals surface area contributed by atoms with Gasteiger partial charge >= 0.3 is 0 Å². The summed E-state index contributed by atoms with van der Waals surface area (Å²) in [6.07, 6.45) is 0. The van der Waals surface area contributed by atoms with Gasteiger partial charge < -0.3 is 0 Å². The van der Waals surface area contributed by atoms with Crippen molar-refractivity contribution in [3.05, 3.63) is 75.8 Å². The number of halogens is 1. The van der Waals surface area contributed by atoms with E-state index in [2.05, 4.69) is 36.6 Å². The van der Waals surface area contributed by atoms with Crippen molar-refractivity contribution in [3.63, 3.8) is 0 Å². The quantitative estimate of drug-likeness (QED) is 0.292. The Kier molecular flexibility index (Phi) is 6.26. The Morgan fingerprint density at radius 2 is 1.80 bits per heavy atom. The van der Waals surface area contributed by atoms with Gasteiger partial charge in [0.2, 0.25) is 5.91 Å². The average molecular weight is 498 g/mol. The van der Waals surface area contributed by atoms with Crippen LogP contribution in [0.4, 0.5) is 0 Å². The lowest BCUT2D eigenvalue weighted by Gasteiger charge is -2.07. The van der Waals surface area contributed by atoms with Gasteiger partial charge in [0.1, 0.15) is 15.7 Å². The number of thioether (sulfide) groups is 1. The van der Waals surface area contributed by atoms with Crippen LogP contribution >= 0.6 is 39.0 Å². The zero-order valence-corrected chi connectivity index (χ0v) is 19.1. The molecule has 0 atom stereocenters. The highest BCUT2D eigenvalue weighted by Gasteiger charge is 2.17. The number of hydrogen-bond acceptors (Lipinski definition) is 6. The number of aromatic nitrogens is 2. The number of benzene rings is 2. The molecule has 0 spiro atoms. The molecule has 0 aliphatic heterocycles. The van der Waals surface area contributed by atoms with Crippen LogP contribution in [-0.4, -0.2) is 27.5 Å². The summed E-state index contributed by atoms with van der Waals surface area (Å²) < 4.78 is 0.870. The van der Waals surface area contributed by atoms with Gasteiger partial charge in [-0.1, -0.05) is 58.0 Å². The molecule has 0 saturated heterocycles. The molecule has 8 heteroatoms. The number of thiophene rings is 1. The van der Waals surface area contributed by atoms with Crippen molar-refractivity contribution >= 4 is 61.1 Å². The minimum atomic E-state index is -0.419. The molecule has 0 radical (unpaired) electrons. The molecule has 2 amide bonds. The van der Waals surface area contributed by atoms with E-state index < -0.39 is 5.91 Å². The van der Waals surface area contributed by atoms with Crippen LogP contribution in [-0.2, 0) is 4.79 Å². The van der Waals surface area contributed by atoms with Gasteiger partial charge in [-0.2, -0.15) is 0 Å². The van der Waals surface area contributed by atoms with E-state index in [1.54, 1.807) is 35.6 Å². The molecule has 0 bridgehead atoms. The highest BCUT2D eigenvalue weighted by atomic mass is 79.9. The first kappa shape index (κ1) is 20.7. The van der Waals surface area contributed by atoms with Gasteiger partial charge in [0.15, 0.2) is 0 Å². The monoisotopic (exact) mass is 497 g/mol. The number of hydrogen-bond donors (Lipinski definition) is 1. The molecule has 150 valence electrons. The highest BCUT2D eigenvalue weighted by molar-refractivity contribution is 9.10. The zero-order chi connectivity index (χ0) is 21.1. The van der Waals surface area contributed by atoms with Crippen molar-refractivity contribution < 1.29 is 9.59 Å². The van der Waals surface area contributed by atoms with Gasteiger partial charge in [-0.15, -0.1) is 11.3 Å². The van der Waals surface area contributed by atoms with E-state index in [-0.39, 0.29) is 11.7 Å². The van der Waals surface area contributed by atoms with Gasteiger partial charge in [0, 0.05) is 21.0 Å². The van der Waals surface area contributed by atoms with Crippen molar-refractivity contribution in [3.8, 4) is 11.1 Å². The largest absolute Gasteiger partial charge is 0.292 e. The fourth-order valence-electron chi connectivity index (χ4n) is 2.92. The number of aryl methyl sites for hydroxylation is 1. The maximum atomic E-state index is 12.4. The van der Waals surface area contributed by atoms with Gasteiger partial charge in [-0.05, 0) is 36.8 Å². The molecule has 4 aromatic rings. The third kappa shape index (κ3) is 4.61. The Morgan fingerprint density at radius 1 is 1.07 bits per heavy atom. The first-order chi connectivity index (χ1) is 14.5. The number of carbonyl (C=O) groups is 2. The molecule has 1 N–H and O–H groups in total. The summed E-state index contributed by atoms with van der Waals surface area (Å²) in [5.74, 6) is -0.0537. The lowest BCUT2D eigenvalue weighted by atomic mass is 10.1. The van der Waals surface area contributed by atoms with Crippen LogP contribution in [0, 0.1) is 6.92 Å². The third-order valence-electron chi connectivity index (χ3n) is 4.30. The molecule has 0 aliphatic carbocycles. The van der Waals surface area contributed by atoms with E-state index >= 15 is 0 Å². The van der Waals surface area contributed by atoms with E-state index in [1.165, 1.54) is 11.8 Å². The fraction of sp³-hybridized carbons (Fsp3) is 0.0909. The lowest BCUT2D eigenvalue weighted by Crippen LogP contribution is -2.31. The number of amides is 2. The van der Waals surface area contributed by atoms with Gasteiger partial charge in [-0.25, -0.2) is 9.97 Å². The first-order valence-electron chi connectivity index (χ1n) is 9.05. The van der Waals surface area contributed by atoms with Gasteiger partial charge in [0.05, 0.1) is 11.1 Å². The average Bonchev–Trinajstić information content (AvgIpc) is 3.17. The SMILES string of the molecule is Cc1nc(SCC(=O)NC(=O)c2ccc(Br)cc2)c2c(-c3ccccc3)csc2n1. The lowest BCUT2D eigenvalue weighted by molar-refractivity contribution is -0.117. The predicted molar refractivity (Wildman–Crippen MR) is 125 cm³/mol. The number of imide groups is 1. The maximum absolute atomic E-state index is 12.4. The van der Waals surface area contributed by atoms with Crippen molar-refractivity contribution in [1.82, 2.24) is 15.3 Å². The number of carbonyl (C=O) groups excluding carboxylic acids is 2. The first-order valence-corrected chi connectivity index (χ1v) is 11.7. The van der Waals surface area contributed by atoms with Crippen LogP contribution in [0.3, 0.4) is 0 Å². The van der Waals surface area contributed by atoms with Crippen LogP contribution in [0.1, 0.15) is 16.2 Å². The van der Waals surface area contributed by atoms with Crippen molar-refractivity contribution in [2.24, 2.45) is 0 Å². The second-order valence-electron chi connectivity index (χ2n) is 6.44. The number of fused-ring (bicyclic) bond motifs is 1.